The van der Waals surface area contributed by atoms with Gasteiger partial charge in [-0.15, -0.1) is 11.6 Å². The minimum Gasteiger partial charge on any atom is -0.444 e. The Morgan fingerprint density at radius 3 is 2.13 bits per heavy atom. The van der Waals surface area contributed by atoms with Gasteiger partial charge in [-0.2, -0.15) is 0 Å². The topological polar surface area (TPSA) is 145 Å². The molecule has 4 amide bonds. The molecule has 63 heavy (non-hydrogen) atoms. The summed E-state index contributed by atoms with van der Waals surface area (Å²) in [7, 11) is 3.94. The number of anilines is 2. The number of amides is 4. The van der Waals surface area contributed by atoms with Gasteiger partial charge >= 0.3 is 6.09 Å². The molecule has 1 aliphatic carbocycles. The quantitative estimate of drug-likeness (QED) is 0.0793. The van der Waals surface area contributed by atoms with E-state index in [-0.39, 0.29) is 48.0 Å². The Labute approximate surface area is 379 Å². The molecule has 2 fully saturated rings. The van der Waals surface area contributed by atoms with Gasteiger partial charge in [-0.3, -0.25) is 19.3 Å². The number of ether oxygens (including phenoxy) is 3. The number of alkyl halides is 1. The van der Waals surface area contributed by atoms with E-state index in [0.29, 0.717) is 89.9 Å². The summed E-state index contributed by atoms with van der Waals surface area (Å²) >= 11 is 5.71. The van der Waals surface area contributed by atoms with Crippen LogP contribution in [0.25, 0.3) is 12.2 Å². The maximum Gasteiger partial charge on any atom is 0.410 e. The fraction of sp³-hybridized carbons (Fsp3) is 0.562. The molecule has 2 heterocycles. The predicted octanol–water partition coefficient (Wildman–Crippen LogP) is 6.73. The number of carbonyl (C=O) groups excluding carboxylic acids is 4. The van der Waals surface area contributed by atoms with Crippen molar-refractivity contribution in [3.63, 3.8) is 0 Å². The summed E-state index contributed by atoms with van der Waals surface area (Å²) in [6, 6.07) is 15.8. The van der Waals surface area contributed by atoms with Crippen LogP contribution in [0.3, 0.4) is 0 Å². The first-order valence-corrected chi connectivity index (χ1v) is 23.0. The van der Waals surface area contributed by atoms with Crippen molar-refractivity contribution in [2.75, 3.05) is 95.5 Å². The number of hydrogen-bond donors (Lipinski definition) is 2. The first-order chi connectivity index (χ1) is 30.3. The third-order valence-corrected chi connectivity index (χ3v) is 11.4. The molecular formula is C48H68ClN7O7. The van der Waals surface area contributed by atoms with Crippen LogP contribution in [0.1, 0.15) is 83.3 Å². The molecule has 344 valence electrons. The molecule has 1 saturated carbocycles. The number of amidine groups is 1. The minimum absolute atomic E-state index is 0.00955. The molecule has 0 unspecified atom stereocenters. The standard InChI is InChI=1S/C48H68ClN7O7/c1-48(2,3)63-47(60)55-28-26-54(27-29-55)41-21-10-36(11-22-41)14-23-43-52-42(34-37-12-19-40(20-13-37)53(4)5)46(59)56(43)35-44(57)51-39-17-15-38(16-18-39)45(58)50-25-31-62-33-32-61-30-9-7-6-8-24-49/h10-14,19-23,34,38-39H,6-9,15-18,24-33,35H2,1-5H3,(H,50,58)(H,51,57)/b23-14+,42-34+. The Bertz CT molecular complexity index is 1880. The van der Waals surface area contributed by atoms with Gasteiger partial charge in [-0.1, -0.05) is 43.2 Å². The number of unbranched alkanes of at least 4 members (excludes halogenated alkanes) is 3. The number of benzene rings is 2. The van der Waals surface area contributed by atoms with E-state index in [9.17, 15) is 19.2 Å². The monoisotopic (exact) mass is 889 g/mol. The van der Waals surface area contributed by atoms with Crippen molar-refractivity contribution in [1.29, 1.82) is 0 Å². The summed E-state index contributed by atoms with van der Waals surface area (Å²) in [5.74, 6) is 0.340. The molecule has 0 radical (unpaired) electrons. The highest BCUT2D eigenvalue weighted by Gasteiger charge is 2.33. The first-order valence-electron chi connectivity index (χ1n) is 22.5. The van der Waals surface area contributed by atoms with E-state index < -0.39 is 5.60 Å². The second-order valence-electron chi connectivity index (χ2n) is 17.5. The van der Waals surface area contributed by atoms with Crippen LogP contribution < -0.4 is 20.4 Å². The molecule has 1 saturated heterocycles. The molecular weight excluding hydrogens is 822 g/mol. The smallest absolute Gasteiger partial charge is 0.410 e. The summed E-state index contributed by atoms with van der Waals surface area (Å²) in [5, 5.41) is 6.10. The Morgan fingerprint density at radius 2 is 1.48 bits per heavy atom. The number of aliphatic imine (C=N–C) groups is 1. The lowest BCUT2D eigenvalue weighted by Gasteiger charge is -2.36. The van der Waals surface area contributed by atoms with Gasteiger partial charge in [0.15, 0.2) is 0 Å². The fourth-order valence-electron chi connectivity index (χ4n) is 7.60. The van der Waals surface area contributed by atoms with Crippen LogP contribution in [0.15, 0.2) is 65.3 Å². The van der Waals surface area contributed by atoms with Crippen molar-refractivity contribution >= 4 is 64.8 Å². The van der Waals surface area contributed by atoms with Gasteiger partial charge in [0.05, 0.1) is 19.8 Å². The van der Waals surface area contributed by atoms with Crippen LogP contribution in [-0.2, 0) is 28.6 Å². The average molecular weight is 891 g/mol. The van der Waals surface area contributed by atoms with E-state index in [2.05, 4.69) is 15.5 Å². The van der Waals surface area contributed by atoms with Gasteiger partial charge in [0.1, 0.15) is 23.7 Å². The largest absolute Gasteiger partial charge is 0.444 e. The van der Waals surface area contributed by atoms with E-state index >= 15 is 0 Å². The predicted molar refractivity (Wildman–Crippen MR) is 251 cm³/mol. The normalized spacial score (nSPS) is 18.8. The van der Waals surface area contributed by atoms with Crippen molar-refractivity contribution in [2.24, 2.45) is 10.9 Å². The lowest BCUT2D eigenvalue weighted by molar-refractivity contribution is -0.129. The Morgan fingerprint density at radius 1 is 0.825 bits per heavy atom. The first kappa shape index (κ1) is 49.1. The highest BCUT2D eigenvalue weighted by atomic mass is 35.5. The Balaban J connectivity index is 1.11. The van der Waals surface area contributed by atoms with E-state index in [1.54, 1.807) is 17.1 Å². The molecule has 0 bridgehead atoms. The van der Waals surface area contributed by atoms with Gasteiger partial charge in [0.25, 0.3) is 5.91 Å². The van der Waals surface area contributed by atoms with Crippen molar-refractivity contribution in [3.05, 3.63) is 71.4 Å². The van der Waals surface area contributed by atoms with Gasteiger partial charge < -0.3 is 39.5 Å². The number of carbonyl (C=O) groups is 4. The molecule has 15 heteroatoms. The van der Waals surface area contributed by atoms with E-state index in [4.69, 9.17) is 30.8 Å². The highest BCUT2D eigenvalue weighted by molar-refractivity contribution is 6.19. The molecule has 5 rings (SSSR count). The van der Waals surface area contributed by atoms with Crippen molar-refractivity contribution in [3.8, 4) is 0 Å². The Hall–Kier alpha value is -4.92. The zero-order chi connectivity index (χ0) is 45.2. The summed E-state index contributed by atoms with van der Waals surface area (Å²) in [5.41, 5.74) is 3.52. The second-order valence-corrected chi connectivity index (χ2v) is 17.9. The van der Waals surface area contributed by atoms with Crippen molar-refractivity contribution in [2.45, 2.75) is 83.8 Å². The van der Waals surface area contributed by atoms with Crippen LogP contribution in [0.5, 0.6) is 0 Å². The molecule has 0 atom stereocenters. The molecule has 0 spiro atoms. The summed E-state index contributed by atoms with van der Waals surface area (Å²) in [6.07, 6.45) is 12.1. The fourth-order valence-corrected chi connectivity index (χ4v) is 7.79. The summed E-state index contributed by atoms with van der Waals surface area (Å²) in [4.78, 5) is 64.9. The lowest BCUT2D eigenvalue weighted by atomic mass is 9.85. The Kier molecular flexibility index (Phi) is 19.3. The lowest BCUT2D eigenvalue weighted by Crippen LogP contribution is -2.50. The highest BCUT2D eigenvalue weighted by Crippen LogP contribution is 2.26. The molecule has 2 aliphatic heterocycles. The zero-order valence-corrected chi connectivity index (χ0v) is 38.7. The summed E-state index contributed by atoms with van der Waals surface area (Å²) < 4.78 is 16.8. The van der Waals surface area contributed by atoms with Gasteiger partial charge in [-0.25, -0.2) is 9.79 Å². The summed E-state index contributed by atoms with van der Waals surface area (Å²) in [6.45, 7) is 10.6. The number of hydrogen-bond acceptors (Lipinski definition) is 10. The van der Waals surface area contributed by atoms with Gasteiger partial charge in [-0.05, 0) is 107 Å². The number of halogens is 1. The zero-order valence-electron chi connectivity index (χ0n) is 37.9. The molecule has 2 aromatic carbocycles. The van der Waals surface area contributed by atoms with Crippen LogP contribution in [0.4, 0.5) is 16.2 Å². The second kappa shape index (κ2) is 24.8. The number of nitrogens with one attached hydrogen (secondary N) is 2. The van der Waals surface area contributed by atoms with Crippen molar-refractivity contribution < 1.29 is 33.4 Å². The molecule has 14 nitrogen and oxygen atoms in total. The maximum atomic E-state index is 13.9. The third-order valence-electron chi connectivity index (χ3n) is 11.2. The number of rotatable bonds is 21. The number of nitrogens with zero attached hydrogens (tertiary/aromatic N) is 5. The molecule has 0 aromatic heterocycles. The molecule has 3 aliphatic rings. The molecule has 2 N–H and O–H groups in total. The minimum atomic E-state index is -0.534. The van der Waals surface area contributed by atoms with Gasteiger partial charge in [0, 0.05) is 82.6 Å². The number of piperazine rings is 1. The van der Waals surface area contributed by atoms with E-state index in [0.717, 1.165) is 54.8 Å². The molecule has 2 aromatic rings. The van der Waals surface area contributed by atoms with Crippen molar-refractivity contribution in [1.82, 2.24) is 20.4 Å². The maximum absolute atomic E-state index is 13.9. The average Bonchev–Trinajstić information content (AvgIpc) is 3.55. The third kappa shape index (κ3) is 16.3. The van der Waals surface area contributed by atoms with E-state index in [1.165, 1.54) is 4.90 Å². The van der Waals surface area contributed by atoms with Crippen LogP contribution in [0.2, 0.25) is 0 Å². The van der Waals surface area contributed by atoms with Crippen LogP contribution >= 0.6 is 11.6 Å². The van der Waals surface area contributed by atoms with Gasteiger partial charge in [0.2, 0.25) is 11.8 Å². The van der Waals surface area contributed by atoms with Crippen LogP contribution in [-0.4, -0.2) is 137 Å². The van der Waals surface area contributed by atoms with E-state index in [1.807, 2.05) is 94.4 Å². The van der Waals surface area contributed by atoms with Crippen LogP contribution in [0, 0.1) is 5.92 Å². The SMILES string of the molecule is CN(C)c1ccc(/C=C2N=C(/C=C/c3ccc(N4CCN(C(=O)OC(C)(C)C)CC4)cc3)N(CC(=O)NC3CCC(C(=O)NCCOCCOCCCCCCCl)CC3)C/2=O)cc1.